The Balaban J connectivity index is 1.40. The fraction of sp³-hybridized carbons (Fsp3) is 0.217. The molecule has 3 N–H and O–H groups in total. The topological polar surface area (TPSA) is 151 Å². The van der Waals surface area contributed by atoms with E-state index >= 15 is 0 Å². The summed E-state index contributed by atoms with van der Waals surface area (Å²) < 4.78 is 57.8. The van der Waals surface area contributed by atoms with Crippen molar-refractivity contribution in [1.82, 2.24) is 19.5 Å². The number of nitrogens with two attached hydrogens (primary N) is 1. The lowest BCUT2D eigenvalue weighted by molar-refractivity contribution is 0.0855. The number of carbonyl (C=O) groups excluding carboxylic acids is 1. The van der Waals surface area contributed by atoms with Crippen molar-refractivity contribution >= 4 is 30.5 Å². The monoisotopic (exact) mass is 533 g/mol. The van der Waals surface area contributed by atoms with Gasteiger partial charge in [0.15, 0.2) is 16.9 Å². The van der Waals surface area contributed by atoms with Crippen LogP contribution in [0.3, 0.4) is 0 Å². The lowest BCUT2D eigenvalue weighted by Gasteiger charge is -2.19. The zero-order valence-corrected chi connectivity index (χ0v) is 20.2. The van der Waals surface area contributed by atoms with Crippen molar-refractivity contribution in [1.29, 1.82) is 0 Å². The largest absolute Gasteiger partial charge is 0.369 e. The van der Waals surface area contributed by atoms with Crippen LogP contribution < -0.4 is 11.3 Å². The molecule has 37 heavy (non-hydrogen) atoms. The number of ketones is 1. The molecule has 0 aliphatic carbocycles. The number of carbonyl (C=O) groups is 1. The number of nitrogen functional groups attached to an aromatic ring is 1. The average Bonchev–Trinajstić information content (AvgIpc) is 3.28. The van der Waals surface area contributed by atoms with Crippen molar-refractivity contribution < 1.29 is 31.9 Å². The second kappa shape index (κ2) is 11.5. The molecule has 0 saturated carbocycles. The molecular weight excluding hydrogens is 511 g/mol. The van der Waals surface area contributed by atoms with Crippen LogP contribution in [0.4, 0.5) is 14.7 Å². The van der Waals surface area contributed by atoms with E-state index in [1.54, 1.807) is 6.07 Å². The maximum Gasteiger partial charge on any atom is 0.356 e. The summed E-state index contributed by atoms with van der Waals surface area (Å²) in [5, 5.41) is 0. The van der Waals surface area contributed by atoms with Crippen molar-refractivity contribution in [2.24, 2.45) is 0 Å². The van der Waals surface area contributed by atoms with Gasteiger partial charge in [-0.05, 0) is 42.0 Å². The Bertz CT molecular complexity index is 1510. The smallest absolute Gasteiger partial charge is 0.356 e. The highest BCUT2D eigenvalue weighted by atomic mass is 31.2. The number of fused-ring (bicyclic) bond motifs is 1. The average molecular weight is 533 g/mol. The third-order valence-corrected chi connectivity index (χ3v) is 6.64. The van der Waals surface area contributed by atoms with Gasteiger partial charge >= 0.3 is 7.60 Å². The van der Waals surface area contributed by atoms with Gasteiger partial charge < -0.3 is 19.6 Å². The van der Waals surface area contributed by atoms with Gasteiger partial charge in [-0.15, -0.1) is 0 Å². The fourth-order valence-electron chi connectivity index (χ4n) is 3.26. The van der Waals surface area contributed by atoms with E-state index in [2.05, 4.69) is 15.0 Å². The molecule has 0 aliphatic rings. The quantitative estimate of drug-likeness (QED) is 0.159. The van der Waals surface area contributed by atoms with Crippen molar-refractivity contribution in [2.75, 3.05) is 25.3 Å². The first-order valence-electron chi connectivity index (χ1n) is 10.9. The molecule has 0 bridgehead atoms. The van der Waals surface area contributed by atoms with Gasteiger partial charge in [0.1, 0.15) is 24.6 Å². The fourth-order valence-corrected chi connectivity index (χ4v) is 4.50. The van der Waals surface area contributed by atoms with Crippen molar-refractivity contribution in [3.63, 3.8) is 0 Å². The zero-order valence-electron chi connectivity index (χ0n) is 19.3. The number of hydrogen-bond acceptors (Lipinski definition) is 9. The minimum absolute atomic E-state index is 0.0115. The van der Waals surface area contributed by atoms with Crippen LogP contribution in [-0.2, 0) is 31.5 Å². The van der Waals surface area contributed by atoms with Crippen LogP contribution in [0.25, 0.3) is 11.2 Å². The van der Waals surface area contributed by atoms with E-state index in [0.29, 0.717) is 5.56 Å². The minimum Gasteiger partial charge on any atom is -0.369 e. The minimum atomic E-state index is -4.01. The molecule has 2 aromatic heterocycles. The summed E-state index contributed by atoms with van der Waals surface area (Å²) in [5.41, 5.74) is 6.00. The number of aromatic amines is 1. The molecule has 194 valence electrons. The zero-order chi connectivity index (χ0) is 26.4. The molecule has 1 atom stereocenters. The number of nitrogens with zero attached hydrogens (tertiary/aromatic N) is 3. The van der Waals surface area contributed by atoms with Gasteiger partial charge in [0.05, 0.1) is 19.5 Å². The molecule has 0 fully saturated rings. The molecule has 2 heterocycles. The third kappa shape index (κ3) is 6.92. The third-order valence-electron chi connectivity index (χ3n) is 5.09. The molecular formula is C23H22F2N5O6P. The van der Waals surface area contributed by atoms with Crippen molar-refractivity contribution in [2.45, 2.75) is 13.2 Å². The first-order chi connectivity index (χ1) is 17.7. The molecule has 4 aromatic rings. The van der Waals surface area contributed by atoms with Crippen LogP contribution >= 0.6 is 7.60 Å². The van der Waals surface area contributed by atoms with Gasteiger partial charge in [0.25, 0.3) is 5.56 Å². The number of nitrogens with one attached hydrogen (secondary N) is 1. The molecule has 11 nitrogen and oxygen atoms in total. The van der Waals surface area contributed by atoms with Gasteiger partial charge in [-0.3, -0.25) is 23.7 Å². The molecule has 0 spiro atoms. The Morgan fingerprint density at radius 2 is 1.89 bits per heavy atom. The summed E-state index contributed by atoms with van der Waals surface area (Å²) in [4.78, 5) is 34.7. The number of Topliss-reactive ketones (excluding diaryl/α,β-unsaturated/α-hetero) is 1. The lowest BCUT2D eigenvalue weighted by atomic mass is 10.1. The second-order valence-corrected chi connectivity index (χ2v) is 9.81. The Morgan fingerprint density at radius 3 is 2.65 bits per heavy atom. The number of benzene rings is 2. The van der Waals surface area contributed by atoms with Gasteiger partial charge in [0, 0.05) is 12.1 Å². The van der Waals surface area contributed by atoms with E-state index in [1.165, 1.54) is 41.2 Å². The highest BCUT2D eigenvalue weighted by Crippen LogP contribution is 2.49. The molecule has 0 amide bonds. The van der Waals surface area contributed by atoms with Crippen LogP contribution in [0.2, 0.25) is 0 Å². The van der Waals surface area contributed by atoms with Crippen LogP contribution in [0.1, 0.15) is 15.9 Å². The van der Waals surface area contributed by atoms with Gasteiger partial charge in [-0.25, -0.2) is 13.8 Å². The van der Waals surface area contributed by atoms with E-state index in [4.69, 9.17) is 19.5 Å². The summed E-state index contributed by atoms with van der Waals surface area (Å²) >= 11 is 0. The van der Waals surface area contributed by atoms with Crippen LogP contribution in [0.15, 0.2) is 59.7 Å². The number of hydrogen-bond donors (Lipinski definition) is 2. The van der Waals surface area contributed by atoms with Crippen molar-refractivity contribution in [3.05, 3.63) is 88.0 Å². The first kappa shape index (κ1) is 26.3. The second-order valence-electron chi connectivity index (χ2n) is 7.82. The van der Waals surface area contributed by atoms with Gasteiger partial charge in [0.2, 0.25) is 5.95 Å². The number of H-pyrrole nitrogens is 1. The Hall–Kier alpha value is -3.77. The molecule has 14 heteroatoms. The number of ether oxygens (including phenoxy) is 1. The van der Waals surface area contributed by atoms with Crippen LogP contribution in [0, 0.1) is 11.6 Å². The maximum atomic E-state index is 13.5. The van der Waals surface area contributed by atoms with E-state index in [1.807, 2.05) is 0 Å². The number of halogens is 2. The summed E-state index contributed by atoms with van der Waals surface area (Å²) in [6.07, 6.45) is 0.857. The number of imidazole rings is 1. The maximum absolute atomic E-state index is 13.5. The molecule has 0 radical (unpaired) electrons. The van der Waals surface area contributed by atoms with E-state index in [0.717, 1.165) is 12.1 Å². The van der Waals surface area contributed by atoms with Gasteiger partial charge in [-0.1, -0.05) is 12.1 Å². The Kier molecular flexibility index (Phi) is 8.19. The standard InChI is InChI=1S/C23H22F2N5O6P/c24-17-6-4-16(5-7-17)19(31)12-36-37(33,35-11-15-2-1-3-18(25)10-15)14-34-9-8-30-13-27-20-21(30)28-23(26)29-22(20)32/h1-7,10,13H,8-9,11-12,14H2,(H3,26,28,29,32). The summed E-state index contributed by atoms with van der Waals surface area (Å²) in [6.45, 7) is -0.720. The molecule has 2 aromatic carbocycles. The SMILES string of the molecule is Nc1nc2c(ncn2CCOCP(=O)(OCC(=O)c2ccc(F)cc2)OCc2cccc(F)c2)c(=O)[nH]1. The molecule has 1 unspecified atom stereocenters. The summed E-state index contributed by atoms with van der Waals surface area (Å²) in [5.74, 6) is -1.63. The van der Waals surface area contributed by atoms with Crippen molar-refractivity contribution in [3.8, 4) is 0 Å². The highest BCUT2D eigenvalue weighted by Gasteiger charge is 2.27. The van der Waals surface area contributed by atoms with Crippen LogP contribution in [0.5, 0.6) is 0 Å². The van der Waals surface area contributed by atoms with Crippen LogP contribution in [-0.4, -0.2) is 44.9 Å². The Labute approximate surface area is 208 Å². The number of aromatic nitrogens is 4. The number of anilines is 1. The molecule has 0 aliphatic heterocycles. The van der Waals surface area contributed by atoms with E-state index in [-0.39, 0.29) is 42.4 Å². The van der Waals surface area contributed by atoms with E-state index < -0.39 is 43.5 Å². The predicted octanol–water partition coefficient (Wildman–Crippen LogP) is 3.26. The summed E-state index contributed by atoms with van der Waals surface area (Å²) in [6, 6.07) is 10.3. The predicted molar refractivity (Wildman–Crippen MR) is 129 cm³/mol. The highest BCUT2D eigenvalue weighted by molar-refractivity contribution is 7.53. The number of rotatable bonds is 12. The first-order valence-corrected chi connectivity index (χ1v) is 12.6. The molecule has 4 rings (SSSR count). The normalized spacial score (nSPS) is 13.0. The lowest BCUT2D eigenvalue weighted by Crippen LogP contribution is -2.14. The van der Waals surface area contributed by atoms with E-state index in [9.17, 15) is 22.9 Å². The molecule has 0 saturated heterocycles. The summed E-state index contributed by atoms with van der Waals surface area (Å²) in [7, 11) is -4.01. The van der Waals surface area contributed by atoms with Gasteiger partial charge in [-0.2, -0.15) is 4.98 Å². The Morgan fingerprint density at radius 1 is 1.11 bits per heavy atom.